The summed E-state index contributed by atoms with van der Waals surface area (Å²) in [6, 6.07) is 6.89. The molecule has 0 fully saturated rings. The second kappa shape index (κ2) is 5.85. The van der Waals surface area contributed by atoms with E-state index in [9.17, 15) is 9.59 Å². The maximum absolute atomic E-state index is 12.5. The van der Waals surface area contributed by atoms with Gasteiger partial charge in [-0.25, -0.2) is 4.79 Å². The zero-order valence-electron chi connectivity index (χ0n) is 11.1. The topological polar surface area (TPSA) is 54.9 Å². The van der Waals surface area contributed by atoms with Gasteiger partial charge in [-0.15, -0.1) is 0 Å². The van der Waals surface area contributed by atoms with Gasteiger partial charge in [0.2, 0.25) is 0 Å². The lowest BCUT2D eigenvalue weighted by Gasteiger charge is -2.11. The summed E-state index contributed by atoms with van der Waals surface area (Å²) in [5.74, 6) is 0.161. The van der Waals surface area contributed by atoms with E-state index < -0.39 is 11.2 Å². The van der Waals surface area contributed by atoms with E-state index in [1.165, 1.54) is 0 Å². The molecule has 0 spiro atoms. The van der Waals surface area contributed by atoms with Crippen molar-refractivity contribution in [1.82, 2.24) is 9.55 Å². The Hall–Kier alpha value is -1.52. The van der Waals surface area contributed by atoms with Crippen LogP contribution in [0.25, 0.3) is 11.1 Å². The molecule has 106 valence electrons. The molecule has 0 unspecified atom stereocenters. The van der Waals surface area contributed by atoms with Gasteiger partial charge in [0.1, 0.15) is 5.15 Å². The van der Waals surface area contributed by atoms with Crippen LogP contribution in [-0.2, 0) is 6.54 Å². The number of H-pyrrole nitrogens is 1. The molecule has 0 saturated carbocycles. The van der Waals surface area contributed by atoms with Crippen molar-refractivity contribution in [3.05, 3.63) is 55.3 Å². The monoisotopic (exact) mass is 312 g/mol. The smallest absolute Gasteiger partial charge is 0.297 e. The van der Waals surface area contributed by atoms with Crippen molar-refractivity contribution in [2.24, 2.45) is 5.92 Å². The summed E-state index contributed by atoms with van der Waals surface area (Å²) < 4.78 is 1.15. The minimum atomic E-state index is -0.510. The number of aromatic amines is 1. The molecule has 0 saturated heterocycles. The fraction of sp³-hybridized carbons (Fsp3) is 0.286. The zero-order chi connectivity index (χ0) is 14.9. The molecule has 0 atom stereocenters. The minimum Gasteiger partial charge on any atom is -0.297 e. The Labute approximate surface area is 126 Å². The predicted octanol–water partition coefficient (Wildman–Crippen LogP) is 3.17. The van der Waals surface area contributed by atoms with Crippen molar-refractivity contribution in [2.45, 2.75) is 20.4 Å². The second-order valence-electron chi connectivity index (χ2n) is 4.91. The van der Waals surface area contributed by atoms with Crippen molar-refractivity contribution >= 4 is 23.2 Å². The molecule has 4 nitrogen and oxygen atoms in total. The molecule has 2 rings (SSSR count). The molecule has 20 heavy (non-hydrogen) atoms. The van der Waals surface area contributed by atoms with Crippen LogP contribution >= 0.6 is 23.2 Å². The standard InChI is InChI=1S/C14H14Cl2N2O2/c1-8(2)7-18-13(19)11(12(16)17-14(18)20)9-5-3-4-6-10(9)15/h3-6,8H,7H2,1-2H3,(H,17,20). The molecular weight excluding hydrogens is 299 g/mol. The maximum Gasteiger partial charge on any atom is 0.329 e. The average Bonchev–Trinajstić information content (AvgIpc) is 2.36. The number of nitrogens with one attached hydrogen (secondary N) is 1. The van der Waals surface area contributed by atoms with Gasteiger partial charge in [0, 0.05) is 17.1 Å². The minimum absolute atomic E-state index is 0.00751. The van der Waals surface area contributed by atoms with Gasteiger partial charge < -0.3 is 0 Å². The third-order valence-corrected chi connectivity index (χ3v) is 3.44. The number of benzene rings is 1. The molecule has 0 radical (unpaired) electrons. The van der Waals surface area contributed by atoms with Crippen molar-refractivity contribution in [1.29, 1.82) is 0 Å². The fourth-order valence-electron chi connectivity index (χ4n) is 1.97. The van der Waals surface area contributed by atoms with E-state index >= 15 is 0 Å². The van der Waals surface area contributed by atoms with E-state index in [2.05, 4.69) is 4.98 Å². The van der Waals surface area contributed by atoms with Crippen LogP contribution in [0.2, 0.25) is 10.2 Å². The van der Waals surface area contributed by atoms with Crippen LogP contribution in [0.4, 0.5) is 0 Å². The second-order valence-corrected chi connectivity index (χ2v) is 5.69. The summed E-state index contributed by atoms with van der Waals surface area (Å²) in [6.07, 6.45) is 0. The molecule has 0 amide bonds. The molecule has 0 aliphatic heterocycles. The number of halogens is 2. The SMILES string of the molecule is CC(C)Cn1c(=O)[nH]c(Cl)c(-c2ccccc2Cl)c1=O. The summed E-state index contributed by atoms with van der Waals surface area (Å²) in [5, 5.41) is 0.419. The lowest BCUT2D eigenvalue weighted by Crippen LogP contribution is -2.37. The summed E-state index contributed by atoms with van der Waals surface area (Å²) in [4.78, 5) is 26.8. The summed E-state index contributed by atoms with van der Waals surface area (Å²) in [7, 11) is 0. The van der Waals surface area contributed by atoms with Crippen LogP contribution in [0.3, 0.4) is 0 Å². The average molecular weight is 313 g/mol. The van der Waals surface area contributed by atoms with Crippen molar-refractivity contribution in [2.75, 3.05) is 0 Å². The third-order valence-electron chi connectivity index (χ3n) is 2.83. The van der Waals surface area contributed by atoms with E-state index in [1.54, 1.807) is 24.3 Å². The van der Waals surface area contributed by atoms with Gasteiger partial charge in [0.25, 0.3) is 5.56 Å². The van der Waals surface area contributed by atoms with Crippen molar-refractivity contribution < 1.29 is 0 Å². The number of rotatable bonds is 3. The quantitative estimate of drug-likeness (QED) is 0.885. The Morgan fingerprint density at radius 3 is 2.45 bits per heavy atom. The Balaban J connectivity index is 2.75. The molecule has 0 aliphatic rings. The normalized spacial score (nSPS) is 11.1. The number of hydrogen-bond acceptors (Lipinski definition) is 2. The third kappa shape index (κ3) is 2.81. The Morgan fingerprint density at radius 2 is 1.85 bits per heavy atom. The predicted molar refractivity (Wildman–Crippen MR) is 81.6 cm³/mol. The molecule has 1 aromatic heterocycles. The molecule has 1 aromatic carbocycles. The maximum atomic E-state index is 12.5. The van der Waals surface area contributed by atoms with Crippen LogP contribution in [0.15, 0.2) is 33.9 Å². The highest BCUT2D eigenvalue weighted by atomic mass is 35.5. The number of hydrogen-bond donors (Lipinski definition) is 1. The first-order valence-electron chi connectivity index (χ1n) is 6.19. The van der Waals surface area contributed by atoms with Gasteiger partial charge in [-0.2, -0.15) is 0 Å². The Kier molecular flexibility index (Phi) is 4.35. The van der Waals surface area contributed by atoms with Gasteiger partial charge >= 0.3 is 5.69 Å². The number of nitrogens with zero attached hydrogens (tertiary/aromatic N) is 1. The number of aromatic nitrogens is 2. The lowest BCUT2D eigenvalue weighted by atomic mass is 10.1. The lowest BCUT2D eigenvalue weighted by molar-refractivity contribution is 0.493. The molecule has 1 N–H and O–H groups in total. The summed E-state index contributed by atoms with van der Waals surface area (Å²) in [6.45, 7) is 4.17. The van der Waals surface area contributed by atoms with E-state index in [0.29, 0.717) is 17.1 Å². The van der Waals surface area contributed by atoms with Gasteiger partial charge in [0.05, 0.1) is 5.56 Å². The van der Waals surface area contributed by atoms with Crippen LogP contribution < -0.4 is 11.2 Å². The van der Waals surface area contributed by atoms with Gasteiger partial charge in [-0.1, -0.05) is 55.2 Å². The van der Waals surface area contributed by atoms with E-state index in [1.807, 2.05) is 13.8 Å². The Morgan fingerprint density at radius 1 is 1.20 bits per heavy atom. The first-order valence-corrected chi connectivity index (χ1v) is 6.95. The van der Waals surface area contributed by atoms with Gasteiger partial charge in [0.15, 0.2) is 0 Å². The highest BCUT2D eigenvalue weighted by molar-refractivity contribution is 6.35. The van der Waals surface area contributed by atoms with Gasteiger partial charge in [-0.3, -0.25) is 14.3 Å². The molecular formula is C14H14Cl2N2O2. The molecule has 0 aliphatic carbocycles. The largest absolute Gasteiger partial charge is 0.329 e. The van der Waals surface area contributed by atoms with Gasteiger partial charge in [-0.05, 0) is 12.0 Å². The zero-order valence-corrected chi connectivity index (χ0v) is 12.6. The fourth-order valence-corrected chi connectivity index (χ4v) is 2.47. The molecule has 2 aromatic rings. The van der Waals surface area contributed by atoms with Crippen LogP contribution in [0, 0.1) is 5.92 Å². The van der Waals surface area contributed by atoms with Crippen molar-refractivity contribution in [3.63, 3.8) is 0 Å². The molecule has 1 heterocycles. The van der Waals surface area contributed by atoms with E-state index in [0.717, 1.165) is 4.57 Å². The first kappa shape index (κ1) is 14.9. The first-order chi connectivity index (χ1) is 9.41. The van der Waals surface area contributed by atoms with Crippen LogP contribution in [0.5, 0.6) is 0 Å². The van der Waals surface area contributed by atoms with Crippen LogP contribution in [0.1, 0.15) is 13.8 Å². The van der Waals surface area contributed by atoms with E-state index in [4.69, 9.17) is 23.2 Å². The van der Waals surface area contributed by atoms with E-state index in [-0.39, 0.29) is 16.6 Å². The van der Waals surface area contributed by atoms with Crippen molar-refractivity contribution in [3.8, 4) is 11.1 Å². The highest BCUT2D eigenvalue weighted by Crippen LogP contribution is 2.28. The molecule has 0 bridgehead atoms. The summed E-state index contributed by atoms with van der Waals surface area (Å²) in [5.41, 5.74) is -0.208. The Bertz CT molecular complexity index is 748. The highest BCUT2D eigenvalue weighted by Gasteiger charge is 2.17. The summed E-state index contributed by atoms with van der Waals surface area (Å²) >= 11 is 12.1. The van der Waals surface area contributed by atoms with Crippen LogP contribution in [-0.4, -0.2) is 9.55 Å². The molecule has 6 heteroatoms.